The Hall–Kier alpha value is -3.46. The number of carbonyl (C=O) groups excluding carboxylic acids is 1. The summed E-state index contributed by atoms with van der Waals surface area (Å²) < 4.78 is 17.3. The highest BCUT2D eigenvalue weighted by atomic mass is 16.5. The number of pyridine rings is 1. The van der Waals surface area contributed by atoms with Gasteiger partial charge in [-0.2, -0.15) is 5.10 Å². The van der Waals surface area contributed by atoms with E-state index in [-0.39, 0.29) is 5.91 Å². The summed E-state index contributed by atoms with van der Waals surface area (Å²) >= 11 is 0. The molecule has 1 aromatic carbocycles. The highest BCUT2D eigenvalue weighted by Gasteiger charge is 2.15. The third kappa shape index (κ3) is 4.59. The van der Waals surface area contributed by atoms with Gasteiger partial charge in [0.15, 0.2) is 5.82 Å². The van der Waals surface area contributed by atoms with Crippen LogP contribution in [0.4, 0.5) is 5.69 Å². The van der Waals surface area contributed by atoms with E-state index in [1.807, 2.05) is 0 Å². The van der Waals surface area contributed by atoms with Gasteiger partial charge in [-0.25, -0.2) is 14.6 Å². The van der Waals surface area contributed by atoms with Crippen LogP contribution in [0.2, 0.25) is 0 Å². The molecule has 9 nitrogen and oxygen atoms in total. The summed E-state index contributed by atoms with van der Waals surface area (Å²) in [5.41, 5.74) is 0.926. The molecule has 0 bridgehead atoms. The van der Waals surface area contributed by atoms with Gasteiger partial charge in [0.25, 0.3) is 5.91 Å². The zero-order valence-electron chi connectivity index (χ0n) is 15.0. The van der Waals surface area contributed by atoms with Gasteiger partial charge in [-0.3, -0.25) is 4.79 Å². The monoisotopic (exact) mass is 369 g/mol. The number of aromatic nitrogens is 4. The molecule has 0 saturated heterocycles. The molecule has 0 fully saturated rings. The summed E-state index contributed by atoms with van der Waals surface area (Å²) in [7, 11) is 3.13. The zero-order valence-corrected chi connectivity index (χ0v) is 15.0. The van der Waals surface area contributed by atoms with Gasteiger partial charge in [0.2, 0.25) is 0 Å². The van der Waals surface area contributed by atoms with Crippen LogP contribution in [0.5, 0.6) is 11.5 Å². The molecular weight excluding hydrogens is 350 g/mol. The lowest BCUT2D eigenvalue weighted by molar-refractivity contribution is 0.101. The van der Waals surface area contributed by atoms with Crippen molar-refractivity contribution in [1.82, 2.24) is 19.7 Å². The Morgan fingerprint density at radius 3 is 2.74 bits per heavy atom. The Kier molecular flexibility index (Phi) is 5.95. The number of ether oxygens (including phenoxy) is 3. The van der Waals surface area contributed by atoms with Crippen molar-refractivity contribution in [2.45, 2.75) is 0 Å². The maximum Gasteiger partial charge on any atom is 0.259 e. The third-order valence-corrected chi connectivity index (χ3v) is 3.64. The normalized spacial score (nSPS) is 10.4. The Morgan fingerprint density at radius 1 is 1.19 bits per heavy atom. The highest BCUT2D eigenvalue weighted by Crippen LogP contribution is 2.26. The second-order valence-electron chi connectivity index (χ2n) is 5.40. The maximum atomic E-state index is 12.7. The minimum Gasteiger partial charge on any atom is -0.497 e. The van der Waals surface area contributed by atoms with Crippen molar-refractivity contribution in [2.75, 3.05) is 32.8 Å². The van der Waals surface area contributed by atoms with Crippen molar-refractivity contribution in [2.24, 2.45) is 0 Å². The van der Waals surface area contributed by atoms with Gasteiger partial charge in [0.1, 0.15) is 30.8 Å². The van der Waals surface area contributed by atoms with Crippen molar-refractivity contribution >= 4 is 11.6 Å². The van der Waals surface area contributed by atoms with E-state index < -0.39 is 0 Å². The van der Waals surface area contributed by atoms with E-state index in [4.69, 9.17) is 14.2 Å². The molecule has 0 aliphatic rings. The molecule has 0 aliphatic carbocycles. The fourth-order valence-electron chi connectivity index (χ4n) is 2.29. The minimum atomic E-state index is -0.319. The van der Waals surface area contributed by atoms with Crippen molar-refractivity contribution < 1.29 is 19.0 Å². The lowest BCUT2D eigenvalue weighted by Crippen LogP contribution is -2.15. The van der Waals surface area contributed by atoms with Gasteiger partial charge < -0.3 is 19.5 Å². The quantitative estimate of drug-likeness (QED) is 0.606. The molecule has 9 heteroatoms. The summed E-state index contributed by atoms with van der Waals surface area (Å²) in [6.45, 7) is 0.726. The fraction of sp³-hybridized carbons (Fsp3) is 0.222. The van der Waals surface area contributed by atoms with Crippen molar-refractivity contribution in [3.8, 4) is 17.3 Å². The molecule has 2 aromatic heterocycles. The van der Waals surface area contributed by atoms with Crippen LogP contribution in [0.25, 0.3) is 5.82 Å². The van der Waals surface area contributed by atoms with Crippen molar-refractivity contribution in [1.29, 1.82) is 0 Å². The molecule has 140 valence electrons. The number of hydrogen-bond acceptors (Lipinski definition) is 7. The molecule has 2 heterocycles. The summed E-state index contributed by atoms with van der Waals surface area (Å²) in [6.07, 6.45) is 4.51. The average Bonchev–Trinajstić information content (AvgIpc) is 3.23. The number of rotatable bonds is 8. The van der Waals surface area contributed by atoms with Gasteiger partial charge in [0, 0.05) is 13.2 Å². The highest BCUT2D eigenvalue weighted by molar-refractivity contribution is 6.06. The number of carbonyl (C=O) groups is 1. The first kappa shape index (κ1) is 18.3. The smallest absolute Gasteiger partial charge is 0.259 e. The van der Waals surface area contributed by atoms with E-state index in [0.29, 0.717) is 41.8 Å². The Morgan fingerprint density at radius 2 is 2.07 bits per heavy atom. The zero-order chi connectivity index (χ0) is 19.1. The number of nitrogens with zero attached hydrogens (tertiary/aromatic N) is 4. The molecule has 27 heavy (non-hydrogen) atoms. The Bertz CT molecular complexity index is 881. The summed E-state index contributed by atoms with van der Waals surface area (Å²) in [6, 6.07) is 8.47. The van der Waals surface area contributed by atoms with Crippen molar-refractivity contribution in [3.63, 3.8) is 0 Å². The van der Waals surface area contributed by atoms with E-state index >= 15 is 0 Å². The van der Waals surface area contributed by atoms with Crippen LogP contribution in [0.15, 0.2) is 49.2 Å². The second-order valence-corrected chi connectivity index (χ2v) is 5.40. The Labute approximate surface area is 155 Å². The van der Waals surface area contributed by atoms with E-state index in [1.165, 1.54) is 11.0 Å². The first-order valence-electron chi connectivity index (χ1n) is 8.13. The third-order valence-electron chi connectivity index (χ3n) is 3.64. The first-order chi connectivity index (χ1) is 13.2. The largest absolute Gasteiger partial charge is 0.497 e. The molecule has 0 saturated carbocycles. The van der Waals surface area contributed by atoms with Gasteiger partial charge in [-0.05, 0) is 24.3 Å². The van der Waals surface area contributed by atoms with Gasteiger partial charge in [-0.1, -0.05) is 0 Å². The maximum absolute atomic E-state index is 12.7. The van der Waals surface area contributed by atoms with E-state index in [9.17, 15) is 4.79 Å². The number of amides is 1. The lowest BCUT2D eigenvalue weighted by Gasteiger charge is -2.13. The summed E-state index contributed by atoms with van der Waals surface area (Å²) in [5, 5.41) is 6.81. The molecule has 0 atom stereocenters. The lowest BCUT2D eigenvalue weighted by atomic mass is 10.1. The standard InChI is InChI=1S/C18H19N5O4/c1-25-7-8-27-16-9-14(26-2)4-5-15(16)18(24)22-13-3-6-17(20-10-13)23-12-19-11-21-23/h3-6,9-12H,7-8H2,1-2H3,(H,22,24). The average molecular weight is 369 g/mol. The summed E-state index contributed by atoms with van der Waals surface area (Å²) in [4.78, 5) is 20.8. The second kappa shape index (κ2) is 8.77. The molecule has 3 aromatic rings. The van der Waals surface area contributed by atoms with Crippen LogP contribution in [-0.4, -0.2) is 53.1 Å². The number of nitrogens with one attached hydrogen (secondary N) is 1. The molecular formula is C18H19N5O4. The number of methoxy groups -OCH3 is 2. The van der Waals surface area contributed by atoms with E-state index in [0.717, 1.165) is 0 Å². The van der Waals surface area contributed by atoms with Crippen LogP contribution < -0.4 is 14.8 Å². The van der Waals surface area contributed by atoms with Crippen LogP contribution in [0.1, 0.15) is 10.4 Å². The SMILES string of the molecule is COCCOc1cc(OC)ccc1C(=O)Nc1ccc(-n2cncn2)nc1. The number of hydrogen-bond donors (Lipinski definition) is 1. The molecule has 0 unspecified atom stereocenters. The molecule has 0 spiro atoms. The molecule has 0 aliphatic heterocycles. The van der Waals surface area contributed by atoms with E-state index in [2.05, 4.69) is 20.4 Å². The minimum absolute atomic E-state index is 0.318. The van der Waals surface area contributed by atoms with Crippen LogP contribution >= 0.6 is 0 Å². The van der Waals surface area contributed by atoms with Crippen LogP contribution in [-0.2, 0) is 4.74 Å². The van der Waals surface area contributed by atoms with Gasteiger partial charge in [-0.15, -0.1) is 0 Å². The molecule has 0 radical (unpaired) electrons. The molecule has 1 N–H and O–H groups in total. The van der Waals surface area contributed by atoms with Gasteiger partial charge in [0.05, 0.1) is 31.2 Å². The first-order valence-corrected chi connectivity index (χ1v) is 8.13. The fourth-order valence-corrected chi connectivity index (χ4v) is 2.29. The van der Waals surface area contributed by atoms with E-state index in [1.54, 1.807) is 57.1 Å². The van der Waals surface area contributed by atoms with Crippen molar-refractivity contribution in [3.05, 3.63) is 54.7 Å². The van der Waals surface area contributed by atoms with Crippen LogP contribution in [0.3, 0.4) is 0 Å². The Balaban J connectivity index is 1.75. The van der Waals surface area contributed by atoms with Gasteiger partial charge >= 0.3 is 0 Å². The molecule has 3 rings (SSSR count). The number of anilines is 1. The summed E-state index contributed by atoms with van der Waals surface area (Å²) in [5.74, 6) is 1.29. The topological polar surface area (TPSA) is 100 Å². The molecule has 1 amide bonds. The predicted octanol–water partition coefficient (Wildman–Crippen LogP) is 1.95. The predicted molar refractivity (Wildman–Crippen MR) is 97.5 cm³/mol. The van der Waals surface area contributed by atoms with Crippen LogP contribution in [0, 0.1) is 0 Å². The number of benzene rings is 1.